The molecule has 0 aromatic heterocycles. The number of rotatable bonds is 8. The molecular weight excluding hydrogens is 547 g/mol. The molecule has 1 N–H and O–H groups in total. The largest absolute Gasteiger partial charge is 0.507 e. The van der Waals surface area contributed by atoms with E-state index in [1.807, 2.05) is 36.4 Å². The maximum absolute atomic E-state index is 12.1. The summed E-state index contributed by atoms with van der Waals surface area (Å²) in [6.07, 6.45) is 0. The van der Waals surface area contributed by atoms with Gasteiger partial charge in [0.05, 0.1) is 35.5 Å². The Bertz CT molecular complexity index is 1350. The van der Waals surface area contributed by atoms with Crippen molar-refractivity contribution in [2.45, 2.75) is 78.6 Å². The lowest BCUT2D eigenvalue weighted by molar-refractivity contribution is 0.390. The van der Waals surface area contributed by atoms with Crippen LogP contribution in [0, 0.1) is 0 Å². The van der Waals surface area contributed by atoms with Crippen LogP contribution in [-0.4, -0.2) is 40.7 Å². The topological polar surface area (TPSA) is 66.4 Å². The second-order valence-electron chi connectivity index (χ2n) is 13.6. The first-order valence-electron chi connectivity index (χ1n) is 14.2. The second kappa shape index (κ2) is 12.2. The zero-order valence-electron chi connectivity index (χ0n) is 27.9. The van der Waals surface area contributed by atoms with Gasteiger partial charge in [-0.05, 0) is 60.6 Å². The van der Waals surface area contributed by atoms with Crippen LogP contribution in [0.25, 0.3) is 0 Å². The molecule has 0 saturated heterocycles. The molecule has 6 nitrogen and oxygen atoms in total. The van der Waals surface area contributed by atoms with Crippen LogP contribution in [0.3, 0.4) is 0 Å². The van der Waals surface area contributed by atoms with Crippen LogP contribution in [0.4, 0.5) is 0 Å². The Morgan fingerprint density at radius 3 is 1.05 bits per heavy atom. The van der Waals surface area contributed by atoms with Crippen LogP contribution in [0.15, 0.2) is 36.4 Å². The van der Waals surface area contributed by atoms with Gasteiger partial charge in [0.15, 0.2) is 0 Å². The Balaban J connectivity index is 2.69. The molecule has 0 spiro atoms. The maximum atomic E-state index is 12.1. The first-order valence-corrected chi connectivity index (χ1v) is 15.5. The quantitative estimate of drug-likeness (QED) is 0.280. The first kappa shape index (κ1) is 33.4. The fourth-order valence-electron chi connectivity index (χ4n) is 5.13. The van der Waals surface area contributed by atoms with E-state index in [1.165, 1.54) is 0 Å². The molecule has 7 heteroatoms. The van der Waals surface area contributed by atoms with Crippen LogP contribution in [0.1, 0.15) is 79.0 Å². The summed E-state index contributed by atoms with van der Waals surface area (Å²) in [4.78, 5) is 0. The predicted octanol–water partition coefficient (Wildman–Crippen LogP) is 7.09. The van der Waals surface area contributed by atoms with Gasteiger partial charge in [0, 0.05) is 32.6 Å². The average molecular weight is 597 g/mol. The van der Waals surface area contributed by atoms with Gasteiger partial charge in [-0.2, -0.15) is 0 Å². The van der Waals surface area contributed by atoms with E-state index >= 15 is 0 Å². The highest BCUT2D eigenvalue weighted by Crippen LogP contribution is 2.50. The molecule has 3 aromatic rings. The van der Waals surface area contributed by atoms with Crippen molar-refractivity contribution < 1.29 is 28.8 Å². The highest BCUT2D eigenvalue weighted by atomic mass is 31.1. The van der Waals surface area contributed by atoms with Crippen LogP contribution in [-0.2, 0) is 16.2 Å². The summed E-state index contributed by atoms with van der Waals surface area (Å²) in [5, 5.41) is 14.6. The van der Waals surface area contributed by atoms with E-state index in [2.05, 4.69) is 62.3 Å². The van der Waals surface area contributed by atoms with Crippen LogP contribution >= 0.6 is 7.92 Å². The van der Waals surface area contributed by atoms with E-state index in [9.17, 15) is 5.11 Å². The molecule has 0 bridgehead atoms. The number of hydrogen-bond donors (Lipinski definition) is 1. The van der Waals surface area contributed by atoms with Crippen molar-refractivity contribution in [3.63, 3.8) is 0 Å². The fourth-order valence-corrected chi connectivity index (χ4v) is 7.84. The van der Waals surface area contributed by atoms with Gasteiger partial charge >= 0.3 is 0 Å². The van der Waals surface area contributed by atoms with Crippen LogP contribution in [0.2, 0.25) is 0 Å². The molecule has 3 aromatic carbocycles. The van der Waals surface area contributed by atoms with E-state index in [0.717, 1.165) is 44.1 Å². The van der Waals surface area contributed by atoms with Crippen LogP contribution in [0.5, 0.6) is 34.5 Å². The number of phenolic OH excluding ortho intramolecular Hbond substituents is 1. The summed E-state index contributed by atoms with van der Waals surface area (Å²) in [5.41, 5.74) is 1.94. The van der Waals surface area contributed by atoms with Gasteiger partial charge in [-0.1, -0.05) is 62.3 Å². The third-order valence-corrected chi connectivity index (χ3v) is 9.86. The number of phenols is 1. The van der Waals surface area contributed by atoms with Gasteiger partial charge in [-0.25, -0.2) is 0 Å². The Morgan fingerprint density at radius 1 is 0.452 bits per heavy atom. The molecule has 0 aliphatic heterocycles. The highest BCUT2D eigenvalue weighted by molar-refractivity contribution is 7.80. The summed E-state index contributed by atoms with van der Waals surface area (Å²) in [6.45, 7) is 19.2. The normalized spacial score (nSPS) is 12.4. The van der Waals surface area contributed by atoms with Crippen molar-refractivity contribution in [3.8, 4) is 34.5 Å². The third kappa shape index (κ3) is 6.59. The van der Waals surface area contributed by atoms with Gasteiger partial charge in [0.1, 0.15) is 34.5 Å². The standard InChI is InChI=1S/C35H49O6P/c1-33(2,3)24-15-21(37-10)18-27(30(24)36)42(28-19-22(38-11)16-25(31(28)40-13)34(4,5)6)29-20-23(39-12)17-26(32(29)41-14)35(7,8)9/h15-20,36H,1-14H3. The minimum Gasteiger partial charge on any atom is -0.507 e. The molecule has 0 saturated carbocycles. The van der Waals surface area contributed by atoms with Crippen molar-refractivity contribution in [3.05, 3.63) is 53.1 Å². The lowest BCUT2D eigenvalue weighted by Crippen LogP contribution is -2.29. The molecule has 0 atom stereocenters. The summed E-state index contributed by atoms with van der Waals surface area (Å²) >= 11 is 0. The number of benzene rings is 3. The summed E-state index contributed by atoms with van der Waals surface area (Å²) in [7, 11) is 6.87. The molecule has 0 fully saturated rings. The zero-order valence-corrected chi connectivity index (χ0v) is 28.8. The Morgan fingerprint density at radius 2 is 0.762 bits per heavy atom. The van der Waals surface area contributed by atoms with Gasteiger partial charge in [-0.15, -0.1) is 0 Å². The molecule has 0 heterocycles. The van der Waals surface area contributed by atoms with Gasteiger partial charge in [0.25, 0.3) is 0 Å². The van der Waals surface area contributed by atoms with Crippen molar-refractivity contribution in [2.75, 3.05) is 35.5 Å². The van der Waals surface area contributed by atoms with E-state index in [0.29, 0.717) is 17.2 Å². The monoisotopic (exact) mass is 596 g/mol. The lowest BCUT2D eigenvalue weighted by atomic mass is 9.86. The van der Waals surface area contributed by atoms with E-state index in [4.69, 9.17) is 23.7 Å². The SMILES string of the molecule is COc1cc(P(c2cc(OC)cc(C(C)(C)C)c2OC)c2cc(OC)cc(C(C)(C)C)c2OC)c(O)c(C(C)(C)C)c1. The van der Waals surface area contributed by atoms with E-state index in [-0.39, 0.29) is 22.0 Å². The maximum Gasteiger partial charge on any atom is 0.131 e. The average Bonchev–Trinajstić information content (AvgIpc) is 2.91. The number of hydrogen-bond acceptors (Lipinski definition) is 6. The van der Waals surface area contributed by atoms with E-state index < -0.39 is 7.92 Å². The molecule has 0 aliphatic carbocycles. The molecule has 230 valence electrons. The number of aromatic hydroxyl groups is 1. The second-order valence-corrected chi connectivity index (χ2v) is 15.7. The van der Waals surface area contributed by atoms with Crippen molar-refractivity contribution >= 4 is 23.8 Å². The highest BCUT2D eigenvalue weighted by Gasteiger charge is 2.35. The van der Waals surface area contributed by atoms with E-state index in [1.54, 1.807) is 35.5 Å². The third-order valence-electron chi connectivity index (χ3n) is 7.41. The number of ether oxygens (including phenoxy) is 5. The van der Waals surface area contributed by atoms with Gasteiger partial charge in [0.2, 0.25) is 0 Å². The predicted molar refractivity (Wildman–Crippen MR) is 176 cm³/mol. The fraction of sp³-hybridized carbons (Fsp3) is 0.486. The Hall–Kier alpha value is -3.11. The molecule has 0 unspecified atom stereocenters. The minimum atomic E-state index is -1.52. The Kier molecular flexibility index (Phi) is 9.74. The first-order chi connectivity index (χ1) is 19.4. The molecule has 42 heavy (non-hydrogen) atoms. The molecule has 3 rings (SSSR count). The zero-order chi connectivity index (χ0) is 31.8. The van der Waals surface area contributed by atoms with Gasteiger partial charge < -0.3 is 28.8 Å². The Labute approximate surface area is 254 Å². The lowest BCUT2D eigenvalue weighted by Gasteiger charge is -2.32. The summed E-state index contributed by atoms with van der Waals surface area (Å²) in [6, 6.07) is 12.0. The van der Waals surface area contributed by atoms with Crippen LogP contribution < -0.4 is 39.6 Å². The van der Waals surface area contributed by atoms with Gasteiger partial charge in [-0.3, -0.25) is 0 Å². The molecule has 0 amide bonds. The summed E-state index contributed by atoms with van der Waals surface area (Å²) < 4.78 is 30.0. The summed E-state index contributed by atoms with van der Waals surface area (Å²) in [5.74, 6) is 3.79. The minimum absolute atomic E-state index is 0.221. The molecular formula is C35H49O6P. The molecule has 0 aliphatic rings. The smallest absolute Gasteiger partial charge is 0.131 e. The van der Waals surface area contributed by atoms with Crippen molar-refractivity contribution in [2.24, 2.45) is 0 Å². The van der Waals surface area contributed by atoms with Crippen molar-refractivity contribution in [1.82, 2.24) is 0 Å². The molecule has 0 radical (unpaired) electrons. The number of methoxy groups -OCH3 is 5. The van der Waals surface area contributed by atoms with Crippen molar-refractivity contribution in [1.29, 1.82) is 0 Å².